The zero-order valence-corrected chi connectivity index (χ0v) is 13.1. The number of rotatable bonds is 3. The number of halogens is 2. The van der Waals surface area contributed by atoms with E-state index in [1.165, 1.54) is 20.0 Å². The van der Waals surface area contributed by atoms with Crippen molar-refractivity contribution < 1.29 is 9.53 Å². The Bertz CT molecular complexity index is 761. The molecule has 1 aromatic carbocycles. The highest BCUT2D eigenvalue weighted by Crippen LogP contribution is 2.36. The second-order valence-corrected chi connectivity index (χ2v) is 5.36. The van der Waals surface area contributed by atoms with Gasteiger partial charge >= 0.3 is 0 Å². The van der Waals surface area contributed by atoms with Crippen molar-refractivity contribution in [2.24, 2.45) is 7.05 Å². The van der Waals surface area contributed by atoms with Gasteiger partial charge in [0.1, 0.15) is 0 Å². The predicted molar refractivity (Wildman–Crippen MR) is 80.8 cm³/mol. The van der Waals surface area contributed by atoms with Crippen molar-refractivity contribution >= 4 is 29.0 Å². The van der Waals surface area contributed by atoms with Gasteiger partial charge in [0.25, 0.3) is 5.56 Å². The molecule has 0 aliphatic rings. The zero-order chi connectivity index (χ0) is 15.7. The molecule has 2 aromatic rings. The lowest BCUT2D eigenvalue weighted by Gasteiger charge is -2.11. The third-order valence-electron chi connectivity index (χ3n) is 2.77. The average Bonchev–Trinajstić information content (AvgIpc) is 2.37. The largest absolute Gasteiger partial charge is 0.434 e. The number of Topliss-reactive ketones (excluding diaryl/α,β-unsaturated/α-hetero) is 1. The Morgan fingerprint density at radius 1 is 1.24 bits per heavy atom. The summed E-state index contributed by atoms with van der Waals surface area (Å²) in [7, 11) is 1.43. The van der Waals surface area contributed by atoms with Crippen molar-refractivity contribution in [3.05, 3.63) is 49.7 Å². The first-order valence-electron chi connectivity index (χ1n) is 6.02. The average molecular weight is 327 g/mol. The summed E-state index contributed by atoms with van der Waals surface area (Å²) in [6.07, 6.45) is 0. The SMILES string of the molecule is CC(=O)c1cc(Oc2c(Cl)cc(C)cc2Cl)nn(C)c1=O. The Balaban J connectivity index is 2.50. The van der Waals surface area contributed by atoms with Crippen molar-refractivity contribution in [3.63, 3.8) is 0 Å². The summed E-state index contributed by atoms with van der Waals surface area (Å²) >= 11 is 12.2. The van der Waals surface area contributed by atoms with Crippen LogP contribution < -0.4 is 10.3 Å². The Kier molecular flexibility index (Phi) is 4.34. The summed E-state index contributed by atoms with van der Waals surface area (Å²) in [5.74, 6) is -0.0801. The van der Waals surface area contributed by atoms with Gasteiger partial charge in [-0.05, 0) is 31.5 Å². The van der Waals surface area contributed by atoms with Gasteiger partial charge in [0.2, 0.25) is 5.88 Å². The minimum absolute atomic E-state index is 0.0122. The van der Waals surface area contributed by atoms with Crippen LogP contribution in [-0.2, 0) is 7.05 Å². The van der Waals surface area contributed by atoms with E-state index in [9.17, 15) is 9.59 Å². The van der Waals surface area contributed by atoms with Crippen LogP contribution in [0, 0.1) is 6.92 Å². The lowest BCUT2D eigenvalue weighted by atomic mass is 10.2. The Hall–Kier alpha value is -1.85. The molecule has 5 nitrogen and oxygen atoms in total. The van der Waals surface area contributed by atoms with E-state index in [4.69, 9.17) is 27.9 Å². The molecule has 0 saturated carbocycles. The van der Waals surface area contributed by atoms with Gasteiger partial charge in [-0.2, -0.15) is 0 Å². The summed E-state index contributed by atoms with van der Waals surface area (Å²) in [4.78, 5) is 23.2. The van der Waals surface area contributed by atoms with E-state index in [1.807, 2.05) is 6.92 Å². The molecule has 0 aliphatic carbocycles. The summed E-state index contributed by atoms with van der Waals surface area (Å²) < 4.78 is 6.56. The fraction of sp³-hybridized carbons (Fsp3) is 0.214. The van der Waals surface area contributed by atoms with Crippen LogP contribution in [0.25, 0.3) is 0 Å². The van der Waals surface area contributed by atoms with Crippen LogP contribution in [0.1, 0.15) is 22.8 Å². The summed E-state index contributed by atoms with van der Waals surface area (Å²) in [6, 6.07) is 4.66. The number of nitrogens with zero attached hydrogens (tertiary/aromatic N) is 2. The third-order valence-corrected chi connectivity index (χ3v) is 3.33. The van der Waals surface area contributed by atoms with Gasteiger partial charge < -0.3 is 4.74 Å². The molecular weight excluding hydrogens is 315 g/mol. The number of hydrogen-bond donors (Lipinski definition) is 0. The highest BCUT2D eigenvalue weighted by Gasteiger charge is 2.15. The molecule has 7 heteroatoms. The third kappa shape index (κ3) is 3.25. The maximum Gasteiger partial charge on any atom is 0.277 e. The molecule has 0 saturated heterocycles. The summed E-state index contributed by atoms with van der Waals surface area (Å²) in [6.45, 7) is 3.15. The second-order valence-electron chi connectivity index (χ2n) is 4.54. The quantitative estimate of drug-likeness (QED) is 0.811. The summed E-state index contributed by atoms with van der Waals surface area (Å²) in [5.41, 5.74) is 0.382. The molecule has 1 heterocycles. The number of aryl methyl sites for hydroxylation is 2. The number of carbonyl (C=O) groups excluding carboxylic acids is 1. The van der Waals surface area contributed by atoms with Crippen molar-refractivity contribution in [3.8, 4) is 11.6 Å². The van der Waals surface area contributed by atoms with Gasteiger partial charge in [0.15, 0.2) is 11.5 Å². The molecule has 110 valence electrons. The van der Waals surface area contributed by atoms with Gasteiger partial charge in [-0.25, -0.2) is 4.68 Å². The fourth-order valence-electron chi connectivity index (χ4n) is 1.77. The van der Waals surface area contributed by atoms with E-state index < -0.39 is 5.56 Å². The number of aromatic nitrogens is 2. The molecule has 1 aromatic heterocycles. The smallest absolute Gasteiger partial charge is 0.277 e. The normalized spacial score (nSPS) is 10.5. The monoisotopic (exact) mass is 326 g/mol. The first-order chi connectivity index (χ1) is 9.79. The van der Waals surface area contributed by atoms with Crippen LogP contribution in [-0.4, -0.2) is 15.6 Å². The van der Waals surface area contributed by atoms with Crippen LogP contribution in [0.15, 0.2) is 23.0 Å². The minimum atomic E-state index is -0.490. The van der Waals surface area contributed by atoms with Crippen LogP contribution in [0.5, 0.6) is 11.6 Å². The van der Waals surface area contributed by atoms with Crippen LogP contribution in [0.3, 0.4) is 0 Å². The topological polar surface area (TPSA) is 61.2 Å². The minimum Gasteiger partial charge on any atom is -0.434 e. The Labute approximate surface area is 131 Å². The van der Waals surface area contributed by atoms with E-state index in [2.05, 4.69) is 5.10 Å². The molecule has 0 radical (unpaired) electrons. The predicted octanol–water partition coefficient (Wildman–Crippen LogP) is 3.39. The number of ketones is 1. The highest BCUT2D eigenvalue weighted by atomic mass is 35.5. The molecule has 0 amide bonds. The van der Waals surface area contributed by atoms with Gasteiger partial charge in [-0.1, -0.05) is 23.2 Å². The van der Waals surface area contributed by atoms with E-state index in [1.54, 1.807) is 12.1 Å². The van der Waals surface area contributed by atoms with Crippen molar-refractivity contribution in [2.45, 2.75) is 13.8 Å². The second kappa shape index (κ2) is 5.87. The lowest BCUT2D eigenvalue weighted by Crippen LogP contribution is -2.25. The van der Waals surface area contributed by atoms with E-state index in [-0.39, 0.29) is 23.0 Å². The zero-order valence-electron chi connectivity index (χ0n) is 11.6. The molecular formula is C14H12Cl2N2O3. The van der Waals surface area contributed by atoms with Gasteiger partial charge in [-0.15, -0.1) is 5.10 Å². The first kappa shape index (κ1) is 15.5. The highest BCUT2D eigenvalue weighted by molar-refractivity contribution is 6.37. The summed E-state index contributed by atoms with van der Waals surface area (Å²) in [5, 5.41) is 4.57. The number of hydrogen-bond acceptors (Lipinski definition) is 4. The molecule has 21 heavy (non-hydrogen) atoms. The molecule has 0 N–H and O–H groups in total. The van der Waals surface area contributed by atoms with E-state index in [0.717, 1.165) is 10.2 Å². The van der Waals surface area contributed by atoms with Gasteiger partial charge in [0.05, 0.1) is 15.6 Å². The molecule has 0 unspecified atom stereocenters. The fourth-order valence-corrected chi connectivity index (χ4v) is 2.45. The number of ether oxygens (including phenoxy) is 1. The number of benzene rings is 1. The van der Waals surface area contributed by atoms with Crippen LogP contribution in [0.2, 0.25) is 10.0 Å². The van der Waals surface area contributed by atoms with Crippen molar-refractivity contribution in [2.75, 3.05) is 0 Å². The maximum atomic E-state index is 11.8. The van der Waals surface area contributed by atoms with Crippen LogP contribution >= 0.6 is 23.2 Å². The molecule has 0 spiro atoms. The standard InChI is InChI=1S/C14H12Cl2N2O3/c1-7-4-10(15)13(11(16)5-7)21-12-6-9(8(2)19)14(20)18(3)17-12/h4-6H,1-3H3. The molecule has 0 bridgehead atoms. The van der Waals surface area contributed by atoms with Gasteiger partial charge in [-0.3, -0.25) is 9.59 Å². The first-order valence-corrected chi connectivity index (χ1v) is 6.78. The van der Waals surface area contributed by atoms with E-state index in [0.29, 0.717) is 10.0 Å². The molecule has 2 rings (SSSR count). The number of carbonyl (C=O) groups is 1. The van der Waals surface area contributed by atoms with Crippen molar-refractivity contribution in [1.82, 2.24) is 9.78 Å². The Morgan fingerprint density at radius 2 is 1.81 bits per heavy atom. The maximum absolute atomic E-state index is 11.8. The van der Waals surface area contributed by atoms with E-state index >= 15 is 0 Å². The molecule has 0 aliphatic heterocycles. The Morgan fingerprint density at radius 3 is 2.33 bits per heavy atom. The molecule has 0 atom stereocenters. The van der Waals surface area contributed by atoms with Gasteiger partial charge in [0, 0.05) is 13.1 Å². The van der Waals surface area contributed by atoms with Crippen molar-refractivity contribution in [1.29, 1.82) is 0 Å². The molecule has 0 fully saturated rings. The van der Waals surface area contributed by atoms with Crippen LogP contribution in [0.4, 0.5) is 0 Å². The lowest BCUT2D eigenvalue weighted by molar-refractivity contribution is 0.101.